The molecule has 2 N–H and O–H groups in total. The maximum Gasteiger partial charge on any atom is 0.245 e. The molecule has 10 heteroatoms. The molecule has 3 aromatic heterocycles. The van der Waals surface area contributed by atoms with Crippen LogP contribution in [0.25, 0.3) is 11.0 Å². The van der Waals surface area contributed by atoms with Crippen LogP contribution in [0.4, 0.5) is 11.6 Å². The Bertz CT molecular complexity index is 1110. The van der Waals surface area contributed by atoms with E-state index in [1.807, 2.05) is 7.05 Å². The van der Waals surface area contributed by atoms with Gasteiger partial charge < -0.3 is 19.9 Å². The Morgan fingerprint density at radius 1 is 1.55 bits per heavy atom. The number of ether oxygens (including phenoxy) is 1. The van der Waals surface area contributed by atoms with Crippen molar-refractivity contribution in [3.05, 3.63) is 36.8 Å². The number of nitriles is 1. The van der Waals surface area contributed by atoms with Gasteiger partial charge in [-0.15, -0.1) is 0 Å². The van der Waals surface area contributed by atoms with Crippen LogP contribution in [0.3, 0.4) is 0 Å². The fourth-order valence-corrected chi connectivity index (χ4v) is 3.36. The molecule has 1 aliphatic rings. The van der Waals surface area contributed by atoms with Gasteiger partial charge in [-0.3, -0.25) is 9.48 Å². The fourth-order valence-electron chi connectivity index (χ4n) is 3.36. The molecule has 1 unspecified atom stereocenters. The molecule has 29 heavy (non-hydrogen) atoms. The van der Waals surface area contributed by atoms with E-state index >= 15 is 0 Å². The number of aromatic amines is 1. The van der Waals surface area contributed by atoms with Gasteiger partial charge in [0, 0.05) is 38.4 Å². The number of aromatic nitrogens is 5. The van der Waals surface area contributed by atoms with Crippen molar-refractivity contribution in [2.45, 2.75) is 6.42 Å². The number of H-pyrrole nitrogens is 1. The molecule has 1 fully saturated rings. The lowest BCUT2D eigenvalue weighted by molar-refractivity contribution is -0.125. The molecule has 0 spiro atoms. The summed E-state index contributed by atoms with van der Waals surface area (Å²) in [6.07, 6.45) is 7.21. The molecule has 4 rings (SSSR count). The first-order valence-electron chi connectivity index (χ1n) is 9.16. The van der Waals surface area contributed by atoms with Crippen molar-refractivity contribution < 1.29 is 9.53 Å². The van der Waals surface area contributed by atoms with Gasteiger partial charge in [0.05, 0.1) is 29.4 Å². The van der Waals surface area contributed by atoms with Gasteiger partial charge in [0.25, 0.3) is 0 Å². The van der Waals surface area contributed by atoms with Crippen LogP contribution in [-0.4, -0.2) is 55.2 Å². The summed E-state index contributed by atoms with van der Waals surface area (Å²) in [6.45, 7) is 5.20. The van der Waals surface area contributed by atoms with E-state index in [2.05, 4.69) is 38.0 Å². The smallest absolute Gasteiger partial charge is 0.245 e. The van der Waals surface area contributed by atoms with Crippen molar-refractivity contribution >= 4 is 28.6 Å². The molecule has 0 radical (unpaired) electrons. The minimum Gasteiger partial charge on any atom is -0.477 e. The van der Waals surface area contributed by atoms with Gasteiger partial charge >= 0.3 is 0 Å². The van der Waals surface area contributed by atoms with E-state index < -0.39 is 0 Å². The van der Waals surface area contributed by atoms with Crippen LogP contribution in [0.1, 0.15) is 12.0 Å². The highest BCUT2D eigenvalue weighted by Crippen LogP contribution is 2.29. The summed E-state index contributed by atoms with van der Waals surface area (Å²) in [5.41, 5.74) is 1.66. The van der Waals surface area contributed by atoms with E-state index in [1.165, 1.54) is 6.08 Å². The molecule has 0 aliphatic carbocycles. The van der Waals surface area contributed by atoms with E-state index in [-0.39, 0.29) is 11.8 Å². The number of amides is 1. The highest BCUT2D eigenvalue weighted by Gasteiger charge is 2.26. The predicted octanol–water partition coefficient (Wildman–Crippen LogP) is 1.72. The lowest BCUT2D eigenvalue weighted by Crippen LogP contribution is -2.27. The maximum atomic E-state index is 11.8. The summed E-state index contributed by atoms with van der Waals surface area (Å²) >= 11 is 0. The zero-order valence-corrected chi connectivity index (χ0v) is 15.9. The van der Waals surface area contributed by atoms with E-state index in [0.717, 1.165) is 12.1 Å². The normalized spacial score (nSPS) is 16.0. The number of anilines is 2. The maximum absolute atomic E-state index is 11.8. The summed E-state index contributed by atoms with van der Waals surface area (Å²) in [5, 5.41) is 17.1. The van der Waals surface area contributed by atoms with Gasteiger partial charge in [-0.2, -0.15) is 20.3 Å². The van der Waals surface area contributed by atoms with Crippen molar-refractivity contribution in [3.8, 4) is 11.9 Å². The number of likely N-dealkylation sites (tertiary alicyclic amines) is 1. The van der Waals surface area contributed by atoms with Crippen LogP contribution in [0.2, 0.25) is 0 Å². The Morgan fingerprint density at radius 2 is 2.41 bits per heavy atom. The Hall–Kier alpha value is -3.87. The number of nitrogens with zero attached hydrogens (tertiary/aromatic N) is 6. The Kier molecular flexibility index (Phi) is 4.87. The molecule has 0 saturated carbocycles. The third-order valence-electron chi connectivity index (χ3n) is 4.81. The summed E-state index contributed by atoms with van der Waals surface area (Å²) in [5.74, 6) is 0.773. The number of carbonyl (C=O) groups excluding carboxylic acids is 1. The lowest BCUT2D eigenvalue weighted by Gasteiger charge is -2.15. The Morgan fingerprint density at radius 3 is 3.14 bits per heavy atom. The highest BCUT2D eigenvalue weighted by molar-refractivity contribution is 5.88. The number of rotatable bonds is 6. The monoisotopic (exact) mass is 392 g/mol. The minimum atomic E-state index is -0.0720. The van der Waals surface area contributed by atoms with Crippen LogP contribution in [0, 0.1) is 17.2 Å². The second kappa shape index (κ2) is 7.63. The van der Waals surface area contributed by atoms with Crippen molar-refractivity contribution in [2.24, 2.45) is 13.0 Å². The van der Waals surface area contributed by atoms with Crippen LogP contribution >= 0.6 is 0 Å². The third kappa shape index (κ3) is 3.75. The Labute approximate surface area is 166 Å². The largest absolute Gasteiger partial charge is 0.477 e. The number of nitrogens with one attached hydrogen (secondary N) is 2. The molecule has 1 aliphatic heterocycles. The second-order valence-corrected chi connectivity index (χ2v) is 6.87. The second-order valence-electron chi connectivity index (χ2n) is 6.87. The lowest BCUT2D eigenvalue weighted by atomic mass is 10.1. The van der Waals surface area contributed by atoms with E-state index in [0.29, 0.717) is 48.1 Å². The first-order chi connectivity index (χ1) is 14.1. The summed E-state index contributed by atoms with van der Waals surface area (Å²) in [4.78, 5) is 25.4. The molecule has 0 aromatic carbocycles. The summed E-state index contributed by atoms with van der Waals surface area (Å²) in [6, 6.07) is 2.13. The minimum absolute atomic E-state index is 0.0720. The van der Waals surface area contributed by atoms with Gasteiger partial charge in [-0.05, 0) is 12.5 Å². The molecule has 0 bridgehead atoms. The average molecular weight is 392 g/mol. The highest BCUT2D eigenvalue weighted by atomic mass is 16.5. The Balaban J connectivity index is 1.56. The molecule has 1 saturated heterocycles. The SMILES string of the molecule is C=CC(=O)N1CCC(COc2nc(Nc3cnn(C)c3)nc3[nH]cc(C#N)c23)C1. The first kappa shape index (κ1) is 18.5. The number of fused-ring (bicyclic) bond motifs is 1. The first-order valence-corrected chi connectivity index (χ1v) is 9.16. The predicted molar refractivity (Wildman–Crippen MR) is 105 cm³/mol. The molecule has 148 valence electrons. The summed E-state index contributed by atoms with van der Waals surface area (Å²) < 4.78 is 7.67. The number of hydrogen-bond acceptors (Lipinski definition) is 7. The molecular weight excluding hydrogens is 372 g/mol. The van der Waals surface area contributed by atoms with E-state index in [4.69, 9.17) is 4.74 Å². The third-order valence-corrected chi connectivity index (χ3v) is 4.81. The topological polar surface area (TPSA) is 125 Å². The van der Waals surface area contributed by atoms with E-state index in [1.54, 1.807) is 28.2 Å². The van der Waals surface area contributed by atoms with Crippen molar-refractivity contribution in [2.75, 3.05) is 25.0 Å². The van der Waals surface area contributed by atoms with Gasteiger partial charge in [0.1, 0.15) is 11.7 Å². The van der Waals surface area contributed by atoms with Gasteiger partial charge in [0.2, 0.25) is 17.7 Å². The quantitative estimate of drug-likeness (QED) is 0.612. The van der Waals surface area contributed by atoms with Crippen molar-refractivity contribution in [1.82, 2.24) is 29.6 Å². The standard InChI is InChI=1S/C19H20N8O2/c1-3-15(28)27-5-4-12(9-27)11-29-18-16-13(6-20)7-21-17(16)24-19(25-18)23-14-8-22-26(2)10-14/h3,7-8,10,12H,1,4-5,9,11H2,2H3,(H2,21,23,24,25). The van der Waals surface area contributed by atoms with Crippen molar-refractivity contribution in [1.29, 1.82) is 5.26 Å². The molecule has 1 amide bonds. The number of carbonyl (C=O) groups is 1. The van der Waals surface area contributed by atoms with Crippen LogP contribution in [0.5, 0.6) is 5.88 Å². The molecule has 1 atom stereocenters. The van der Waals surface area contributed by atoms with Crippen LogP contribution < -0.4 is 10.1 Å². The molecule has 4 heterocycles. The molecular formula is C19H20N8O2. The van der Waals surface area contributed by atoms with Crippen LogP contribution in [-0.2, 0) is 11.8 Å². The average Bonchev–Trinajstić information content (AvgIpc) is 3.45. The zero-order valence-electron chi connectivity index (χ0n) is 15.9. The summed E-state index contributed by atoms with van der Waals surface area (Å²) in [7, 11) is 1.82. The van der Waals surface area contributed by atoms with Crippen LogP contribution in [0.15, 0.2) is 31.2 Å². The number of hydrogen-bond donors (Lipinski definition) is 2. The number of aryl methyl sites for hydroxylation is 1. The molecule has 10 nitrogen and oxygen atoms in total. The van der Waals surface area contributed by atoms with Crippen molar-refractivity contribution in [3.63, 3.8) is 0 Å². The zero-order chi connectivity index (χ0) is 20.4. The molecule has 3 aromatic rings. The van der Waals surface area contributed by atoms with Gasteiger partial charge in [-0.25, -0.2) is 0 Å². The van der Waals surface area contributed by atoms with Gasteiger partial charge in [-0.1, -0.05) is 6.58 Å². The van der Waals surface area contributed by atoms with E-state index in [9.17, 15) is 10.1 Å². The van der Waals surface area contributed by atoms with Gasteiger partial charge in [0.15, 0.2) is 0 Å². The fraction of sp³-hybridized carbons (Fsp3) is 0.316.